The molecule has 2 unspecified atom stereocenters. The Balaban J connectivity index is 1.77. The summed E-state index contributed by atoms with van der Waals surface area (Å²) in [5, 5.41) is 2.18. The van der Waals surface area contributed by atoms with Crippen molar-refractivity contribution in [1.82, 2.24) is 4.90 Å². The van der Waals surface area contributed by atoms with Gasteiger partial charge in [0.15, 0.2) is 0 Å². The molecule has 0 saturated carbocycles. The Kier molecular flexibility index (Phi) is 2.18. The molecular weight excluding hydrogens is 190 g/mol. The van der Waals surface area contributed by atoms with Gasteiger partial charge in [-0.3, -0.25) is 4.90 Å². The van der Waals surface area contributed by atoms with Gasteiger partial charge in [-0.1, -0.05) is 18.2 Å². The van der Waals surface area contributed by atoms with Gasteiger partial charge in [-0.25, -0.2) is 0 Å². The van der Waals surface area contributed by atoms with Crippen LogP contribution in [0.1, 0.15) is 24.1 Å². The lowest BCUT2D eigenvalue weighted by Crippen LogP contribution is -2.36. The summed E-state index contributed by atoms with van der Waals surface area (Å²) in [4.78, 5) is 4.18. The zero-order valence-corrected chi connectivity index (χ0v) is 9.04. The molecule has 2 aliphatic heterocycles. The fourth-order valence-corrected chi connectivity index (χ4v) is 3.36. The molecule has 1 nitrogen and oxygen atoms in total. The van der Waals surface area contributed by atoms with Crippen LogP contribution >= 0.6 is 11.3 Å². The van der Waals surface area contributed by atoms with E-state index in [1.165, 1.54) is 24.1 Å². The van der Waals surface area contributed by atoms with E-state index in [1.54, 1.807) is 0 Å². The molecule has 0 N–H and O–H groups in total. The maximum absolute atomic E-state index is 2.67. The molecule has 0 spiro atoms. The largest absolute Gasteiger partial charge is 0.289 e. The van der Waals surface area contributed by atoms with E-state index < -0.39 is 0 Å². The second-order valence-corrected chi connectivity index (χ2v) is 5.25. The maximum Gasteiger partial charge on any atom is 0.0336 e. The van der Waals surface area contributed by atoms with Crippen LogP contribution < -0.4 is 0 Å². The van der Waals surface area contributed by atoms with Crippen molar-refractivity contribution in [2.24, 2.45) is 0 Å². The number of hydrogen-bond donors (Lipinski definition) is 0. The minimum absolute atomic E-state index is 0.732. The standard InChI is InChI=1S/C12H15NS/c1-3-10-6-7-11(4-1)13(10)9-12-5-2-8-14-12/h1-3,5,8,10-11H,4,6-7,9H2. The first-order valence-electron chi connectivity index (χ1n) is 5.38. The van der Waals surface area contributed by atoms with E-state index in [0.29, 0.717) is 0 Å². The third-order valence-electron chi connectivity index (χ3n) is 3.38. The lowest BCUT2D eigenvalue weighted by atomic mass is 10.1. The summed E-state index contributed by atoms with van der Waals surface area (Å²) in [6.45, 7) is 1.16. The smallest absolute Gasteiger partial charge is 0.0336 e. The highest BCUT2D eigenvalue weighted by Gasteiger charge is 2.33. The molecule has 1 saturated heterocycles. The van der Waals surface area contributed by atoms with Gasteiger partial charge in [-0.2, -0.15) is 0 Å². The van der Waals surface area contributed by atoms with Crippen molar-refractivity contribution >= 4 is 11.3 Å². The monoisotopic (exact) mass is 205 g/mol. The second-order valence-electron chi connectivity index (χ2n) is 4.21. The summed E-state index contributed by atoms with van der Waals surface area (Å²) in [7, 11) is 0. The van der Waals surface area contributed by atoms with E-state index in [2.05, 4.69) is 34.6 Å². The molecule has 1 aromatic rings. The van der Waals surface area contributed by atoms with Crippen LogP contribution in [0.2, 0.25) is 0 Å². The quantitative estimate of drug-likeness (QED) is 0.671. The van der Waals surface area contributed by atoms with Gasteiger partial charge in [-0.05, 0) is 30.7 Å². The molecule has 2 bridgehead atoms. The van der Waals surface area contributed by atoms with Crippen molar-refractivity contribution in [1.29, 1.82) is 0 Å². The van der Waals surface area contributed by atoms with Crippen LogP contribution in [0, 0.1) is 0 Å². The van der Waals surface area contributed by atoms with Gasteiger partial charge in [0.2, 0.25) is 0 Å². The second kappa shape index (κ2) is 3.52. The Morgan fingerprint density at radius 2 is 2.43 bits per heavy atom. The number of thiophene rings is 1. The highest BCUT2D eigenvalue weighted by atomic mass is 32.1. The SMILES string of the molecule is C1=CC2CCC(C1)N2Cc1cccs1. The summed E-state index contributed by atoms with van der Waals surface area (Å²) in [5.74, 6) is 0. The summed E-state index contributed by atoms with van der Waals surface area (Å²) in [5.41, 5.74) is 0. The van der Waals surface area contributed by atoms with Crippen molar-refractivity contribution in [2.45, 2.75) is 37.9 Å². The number of fused-ring (bicyclic) bond motifs is 2. The lowest BCUT2D eigenvalue weighted by molar-refractivity contribution is 0.202. The number of rotatable bonds is 2. The zero-order valence-electron chi connectivity index (χ0n) is 8.23. The van der Waals surface area contributed by atoms with Crippen molar-refractivity contribution in [3.8, 4) is 0 Å². The summed E-state index contributed by atoms with van der Waals surface area (Å²) in [6.07, 6.45) is 8.79. The summed E-state index contributed by atoms with van der Waals surface area (Å²) >= 11 is 1.88. The van der Waals surface area contributed by atoms with Crippen LogP contribution in [0.4, 0.5) is 0 Å². The van der Waals surface area contributed by atoms with Gasteiger partial charge in [0, 0.05) is 23.5 Å². The van der Waals surface area contributed by atoms with E-state index in [9.17, 15) is 0 Å². The molecule has 2 atom stereocenters. The van der Waals surface area contributed by atoms with E-state index >= 15 is 0 Å². The van der Waals surface area contributed by atoms with Crippen molar-refractivity contribution < 1.29 is 0 Å². The van der Waals surface area contributed by atoms with Crippen molar-refractivity contribution in [2.75, 3.05) is 0 Å². The topological polar surface area (TPSA) is 3.24 Å². The molecule has 0 radical (unpaired) electrons. The van der Waals surface area contributed by atoms with Gasteiger partial charge >= 0.3 is 0 Å². The van der Waals surface area contributed by atoms with Crippen LogP contribution in [-0.2, 0) is 6.54 Å². The van der Waals surface area contributed by atoms with Crippen LogP contribution in [-0.4, -0.2) is 17.0 Å². The molecule has 1 aromatic heterocycles. The van der Waals surface area contributed by atoms with E-state index in [0.717, 1.165) is 18.6 Å². The van der Waals surface area contributed by atoms with E-state index in [4.69, 9.17) is 0 Å². The van der Waals surface area contributed by atoms with E-state index in [1.807, 2.05) is 11.3 Å². The molecule has 2 heteroatoms. The average molecular weight is 205 g/mol. The van der Waals surface area contributed by atoms with Gasteiger partial charge in [0.05, 0.1) is 0 Å². The van der Waals surface area contributed by atoms with Crippen LogP contribution in [0.5, 0.6) is 0 Å². The van der Waals surface area contributed by atoms with Gasteiger partial charge in [0.25, 0.3) is 0 Å². The molecule has 14 heavy (non-hydrogen) atoms. The first-order valence-corrected chi connectivity index (χ1v) is 6.26. The third kappa shape index (κ3) is 1.43. The fraction of sp³-hybridized carbons (Fsp3) is 0.500. The first kappa shape index (κ1) is 8.69. The normalized spacial score (nSPS) is 31.1. The van der Waals surface area contributed by atoms with Gasteiger partial charge < -0.3 is 0 Å². The molecule has 1 fully saturated rings. The zero-order chi connectivity index (χ0) is 9.38. The number of nitrogens with zero attached hydrogens (tertiary/aromatic N) is 1. The van der Waals surface area contributed by atoms with Crippen LogP contribution in [0.25, 0.3) is 0 Å². The predicted molar refractivity (Wildman–Crippen MR) is 60.4 cm³/mol. The average Bonchev–Trinajstić information content (AvgIpc) is 2.75. The Morgan fingerprint density at radius 1 is 1.43 bits per heavy atom. The van der Waals surface area contributed by atoms with Crippen molar-refractivity contribution in [3.63, 3.8) is 0 Å². The minimum Gasteiger partial charge on any atom is -0.289 e. The minimum atomic E-state index is 0.732. The summed E-state index contributed by atoms with van der Waals surface area (Å²) < 4.78 is 0. The third-order valence-corrected chi connectivity index (χ3v) is 4.24. The molecule has 2 aliphatic rings. The van der Waals surface area contributed by atoms with Gasteiger partial charge in [0.1, 0.15) is 0 Å². The Morgan fingerprint density at radius 3 is 3.21 bits per heavy atom. The fourth-order valence-electron chi connectivity index (χ4n) is 2.65. The summed E-state index contributed by atoms with van der Waals surface area (Å²) in [6, 6.07) is 5.97. The molecule has 3 heterocycles. The Bertz CT molecular complexity index is 328. The number of hydrogen-bond acceptors (Lipinski definition) is 2. The first-order chi connectivity index (χ1) is 6.93. The Hall–Kier alpha value is -0.600. The Labute approximate surface area is 89.0 Å². The highest BCUT2D eigenvalue weighted by Crippen LogP contribution is 2.33. The predicted octanol–water partition coefficient (Wildman–Crippen LogP) is 3.04. The maximum atomic E-state index is 2.67. The molecule has 3 rings (SSSR count). The van der Waals surface area contributed by atoms with Crippen LogP contribution in [0.15, 0.2) is 29.7 Å². The lowest BCUT2D eigenvalue weighted by Gasteiger charge is -2.30. The molecule has 0 amide bonds. The molecule has 0 aromatic carbocycles. The van der Waals surface area contributed by atoms with Gasteiger partial charge in [-0.15, -0.1) is 11.3 Å². The van der Waals surface area contributed by atoms with Crippen LogP contribution in [0.3, 0.4) is 0 Å². The molecular formula is C12H15NS. The van der Waals surface area contributed by atoms with E-state index in [-0.39, 0.29) is 0 Å². The molecule has 0 aliphatic carbocycles. The highest BCUT2D eigenvalue weighted by molar-refractivity contribution is 7.09. The van der Waals surface area contributed by atoms with Crippen molar-refractivity contribution in [3.05, 3.63) is 34.5 Å². The molecule has 74 valence electrons.